The summed E-state index contributed by atoms with van der Waals surface area (Å²) in [5.74, 6) is 1.52. The maximum absolute atomic E-state index is 5.78. The summed E-state index contributed by atoms with van der Waals surface area (Å²) in [5.41, 5.74) is 6.70. The summed E-state index contributed by atoms with van der Waals surface area (Å²) < 4.78 is 0. The lowest BCUT2D eigenvalue weighted by atomic mass is 10.1. The Morgan fingerprint density at radius 2 is 1.90 bits per heavy atom. The zero-order valence-corrected chi connectivity index (χ0v) is 11.6. The molecule has 5 nitrogen and oxygen atoms in total. The van der Waals surface area contributed by atoms with Crippen LogP contribution in [0.5, 0.6) is 0 Å². The Kier molecular flexibility index (Phi) is 4.55. The third-order valence-corrected chi connectivity index (χ3v) is 2.74. The molecule has 2 aromatic rings. The average molecular weight is 267 g/mol. The van der Waals surface area contributed by atoms with E-state index in [1.54, 1.807) is 13.3 Å². The summed E-state index contributed by atoms with van der Waals surface area (Å²) >= 11 is 0. The Balaban J connectivity index is 2.34. The number of rotatable bonds is 4. The molecule has 0 bridgehead atoms. The van der Waals surface area contributed by atoms with E-state index in [-0.39, 0.29) is 11.9 Å². The van der Waals surface area contributed by atoms with Crippen molar-refractivity contribution in [2.45, 2.75) is 12.8 Å². The molecular formula is C15H17N5. The predicted octanol–water partition coefficient (Wildman–Crippen LogP) is 2.48. The first kappa shape index (κ1) is 13.9. The molecule has 102 valence electrons. The molecule has 1 aromatic carbocycles. The predicted molar refractivity (Wildman–Crippen MR) is 81.6 cm³/mol. The maximum Gasteiger partial charge on any atom is 0.223 e. The molecule has 0 fully saturated rings. The Labute approximate surface area is 118 Å². The van der Waals surface area contributed by atoms with Crippen LogP contribution in [-0.2, 0) is 0 Å². The summed E-state index contributed by atoms with van der Waals surface area (Å²) in [7, 11) is 1.73. The average Bonchev–Trinajstić information content (AvgIpc) is 2.47. The van der Waals surface area contributed by atoms with E-state index in [2.05, 4.69) is 19.9 Å². The summed E-state index contributed by atoms with van der Waals surface area (Å²) in [6.45, 7) is 2.00. The minimum absolute atomic E-state index is 0.0424. The van der Waals surface area contributed by atoms with Crippen LogP contribution in [0.2, 0.25) is 0 Å². The molecule has 1 atom stereocenters. The molecule has 0 aliphatic carbocycles. The Hall–Kier alpha value is -2.56. The molecule has 0 spiro atoms. The van der Waals surface area contributed by atoms with Crippen LogP contribution in [0, 0.1) is 0 Å². The van der Waals surface area contributed by atoms with Crippen LogP contribution < -0.4 is 5.73 Å². The van der Waals surface area contributed by atoms with E-state index in [4.69, 9.17) is 5.73 Å². The Morgan fingerprint density at radius 1 is 1.15 bits per heavy atom. The van der Waals surface area contributed by atoms with Gasteiger partial charge in [0.15, 0.2) is 5.82 Å². The number of nitrogens with zero attached hydrogens (tertiary/aromatic N) is 4. The lowest BCUT2D eigenvalue weighted by Gasteiger charge is -2.08. The van der Waals surface area contributed by atoms with E-state index >= 15 is 0 Å². The number of allylic oxidation sites excluding steroid dienone is 2. The number of benzene rings is 1. The van der Waals surface area contributed by atoms with Gasteiger partial charge in [0.05, 0.1) is 0 Å². The van der Waals surface area contributed by atoms with E-state index < -0.39 is 0 Å². The second kappa shape index (κ2) is 6.56. The quantitative estimate of drug-likeness (QED) is 0.863. The molecule has 5 heteroatoms. The third-order valence-electron chi connectivity index (χ3n) is 2.74. The Morgan fingerprint density at radius 3 is 2.60 bits per heavy atom. The van der Waals surface area contributed by atoms with Crippen molar-refractivity contribution in [2.24, 2.45) is 4.99 Å². The second-order valence-corrected chi connectivity index (χ2v) is 4.32. The van der Waals surface area contributed by atoms with Crippen LogP contribution in [0.1, 0.15) is 18.7 Å². The van der Waals surface area contributed by atoms with Crippen molar-refractivity contribution < 1.29 is 0 Å². The molecule has 1 aromatic heterocycles. The van der Waals surface area contributed by atoms with Crippen LogP contribution in [0.15, 0.2) is 47.5 Å². The number of nitrogen functional groups attached to an aromatic ring is 1. The van der Waals surface area contributed by atoms with Gasteiger partial charge in [-0.05, 0) is 6.08 Å². The summed E-state index contributed by atoms with van der Waals surface area (Å²) in [6.07, 6.45) is 5.56. The first-order chi connectivity index (χ1) is 9.70. The first-order valence-corrected chi connectivity index (χ1v) is 6.36. The van der Waals surface area contributed by atoms with Crippen molar-refractivity contribution in [1.29, 1.82) is 0 Å². The highest BCUT2D eigenvalue weighted by atomic mass is 15.1. The highest BCUT2D eigenvalue weighted by molar-refractivity contribution is 5.71. The van der Waals surface area contributed by atoms with E-state index in [1.165, 1.54) is 0 Å². The normalized spacial score (nSPS) is 13.1. The van der Waals surface area contributed by atoms with Crippen LogP contribution in [-0.4, -0.2) is 28.2 Å². The number of hydrogen-bond acceptors (Lipinski definition) is 5. The molecule has 20 heavy (non-hydrogen) atoms. The van der Waals surface area contributed by atoms with E-state index in [9.17, 15) is 0 Å². The van der Waals surface area contributed by atoms with Crippen molar-refractivity contribution >= 4 is 12.2 Å². The highest BCUT2D eigenvalue weighted by Crippen LogP contribution is 2.18. The number of hydrogen-bond donors (Lipinski definition) is 1. The molecular weight excluding hydrogens is 250 g/mol. The fraction of sp³-hybridized carbons (Fsp3) is 0.200. The molecule has 0 saturated carbocycles. The first-order valence-electron chi connectivity index (χ1n) is 6.36. The lowest BCUT2D eigenvalue weighted by molar-refractivity contribution is 0.830. The van der Waals surface area contributed by atoms with Gasteiger partial charge in [0.25, 0.3) is 0 Å². The second-order valence-electron chi connectivity index (χ2n) is 4.32. The summed E-state index contributed by atoms with van der Waals surface area (Å²) in [6, 6.07) is 9.72. The number of aliphatic imine (C=N–C) groups is 1. The van der Waals surface area contributed by atoms with Gasteiger partial charge in [0.1, 0.15) is 5.82 Å². The highest BCUT2D eigenvalue weighted by Gasteiger charge is 2.10. The largest absolute Gasteiger partial charge is 0.368 e. The van der Waals surface area contributed by atoms with Gasteiger partial charge in [0.2, 0.25) is 5.95 Å². The third kappa shape index (κ3) is 3.47. The zero-order chi connectivity index (χ0) is 14.4. The molecule has 0 amide bonds. The van der Waals surface area contributed by atoms with Crippen molar-refractivity contribution in [3.05, 3.63) is 48.3 Å². The van der Waals surface area contributed by atoms with Gasteiger partial charge in [-0.15, -0.1) is 0 Å². The molecule has 0 radical (unpaired) electrons. The van der Waals surface area contributed by atoms with Crippen LogP contribution in [0.25, 0.3) is 11.4 Å². The van der Waals surface area contributed by atoms with E-state index in [1.807, 2.05) is 49.4 Å². The molecule has 0 aliphatic rings. The van der Waals surface area contributed by atoms with Gasteiger partial charge >= 0.3 is 0 Å². The van der Waals surface area contributed by atoms with Crippen LogP contribution >= 0.6 is 0 Å². The minimum atomic E-state index is 0.0424. The van der Waals surface area contributed by atoms with Gasteiger partial charge in [0, 0.05) is 24.7 Å². The monoisotopic (exact) mass is 267 g/mol. The molecule has 1 heterocycles. The Bertz CT molecular complexity index is 619. The SMILES string of the molecule is CN=C/C=C\C(C)c1nc(N)nc(-c2ccccc2)n1. The van der Waals surface area contributed by atoms with Crippen LogP contribution in [0.3, 0.4) is 0 Å². The zero-order valence-electron chi connectivity index (χ0n) is 11.6. The van der Waals surface area contributed by atoms with Crippen molar-refractivity contribution in [3.8, 4) is 11.4 Å². The molecule has 0 aliphatic heterocycles. The summed E-state index contributed by atoms with van der Waals surface area (Å²) in [5, 5.41) is 0. The molecule has 0 saturated heterocycles. The number of anilines is 1. The number of nitrogens with two attached hydrogens (primary N) is 1. The molecule has 2 N–H and O–H groups in total. The number of aromatic nitrogens is 3. The van der Waals surface area contributed by atoms with Gasteiger partial charge in [-0.2, -0.15) is 9.97 Å². The fourth-order valence-corrected chi connectivity index (χ4v) is 1.72. The van der Waals surface area contributed by atoms with Crippen molar-refractivity contribution in [1.82, 2.24) is 15.0 Å². The minimum Gasteiger partial charge on any atom is -0.368 e. The molecule has 2 rings (SSSR count). The summed E-state index contributed by atoms with van der Waals surface area (Å²) in [4.78, 5) is 16.8. The van der Waals surface area contributed by atoms with Crippen molar-refractivity contribution in [2.75, 3.05) is 12.8 Å². The fourth-order valence-electron chi connectivity index (χ4n) is 1.72. The lowest BCUT2D eigenvalue weighted by Crippen LogP contribution is -2.06. The molecule has 1 unspecified atom stereocenters. The van der Waals surface area contributed by atoms with Gasteiger partial charge in [-0.1, -0.05) is 43.3 Å². The smallest absolute Gasteiger partial charge is 0.223 e. The van der Waals surface area contributed by atoms with Gasteiger partial charge < -0.3 is 5.73 Å². The van der Waals surface area contributed by atoms with Gasteiger partial charge in [-0.25, -0.2) is 4.98 Å². The topological polar surface area (TPSA) is 77.0 Å². The van der Waals surface area contributed by atoms with Crippen molar-refractivity contribution in [3.63, 3.8) is 0 Å². The maximum atomic E-state index is 5.78. The van der Waals surface area contributed by atoms with Crippen LogP contribution in [0.4, 0.5) is 5.95 Å². The standard InChI is InChI=1S/C15H17N5/c1-11(7-6-10-17-2)13-18-14(20-15(16)19-13)12-8-4-3-5-9-12/h3-11H,1-2H3,(H2,16,18,19,20)/b7-6-,17-10?. The van der Waals surface area contributed by atoms with E-state index in [0.717, 1.165) is 5.56 Å². The van der Waals surface area contributed by atoms with Gasteiger partial charge in [-0.3, -0.25) is 4.99 Å². The van der Waals surface area contributed by atoms with E-state index in [0.29, 0.717) is 11.6 Å².